The van der Waals surface area contributed by atoms with Crippen LogP contribution in [0.4, 0.5) is 0 Å². The van der Waals surface area contributed by atoms with Crippen LogP contribution in [0.15, 0.2) is 30.3 Å². The first-order chi connectivity index (χ1) is 19.5. The van der Waals surface area contributed by atoms with E-state index in [2.05, 4.69) is 91.6 Å². The van der Waals surface area contributed by atoms with Gasteiger partial charge in [-0.1, -0.05) is 105 Å². The molecule has 1 saturated heterocycles. The molecule has 0 amide bonds. The van der Waals surface area contributed by atoms with Crippen molar-refractivity contribution in [3.8, 4) is 0 Å². The van der Waals surface area contributed by atoms with Gasteiger partial charge < -0.3 is 4.74 Å². The second kappa shape index (κ2) is 14.8. The molecule has 1 heterocycles. The largest absolute Gasteiger partial charge is 0.465 e. The Hall–Kier alpha value is -1.72. The lowest BCUT2D eigenvalue weighted by molar-refractivity contribution is -0.347. The molecular formula is C37H63NO4. The first-order valence-electron chi connectivity index (χ1n) is 16.8. The Morgan fingerprint density at radius 2 is 1.67 bits per heavy atom. The summed E-state index contributed by atoms with van der Waals surface area (Å²) in [5.74, 6) is 0.0515. The highest BCUT2D eigenvalue weighted by Gasteiger charge is 2.56. The molecule has 240 valence electrons. The van der Waals surface area contributed by atoms with Gasteiger partial charge in [-0.3, -0.25) is 14.4 Å². The van der Waals surface area contributed by atoms with Gasteiger partial charge in [-0.25, -0.2) is 0 Å². The van der Waals surface area contributed by atoms with Crippen LogP contribution in [0, 0.1) is 23.2 Å². The van der Waals surface area contributed by atoms with E-state index in [0.717, 1.165) is 38.5 Å². The van der Waals surface area contributed by atoms with Crippen molar-refractivity contribution in [2.45, 2.75) is 157 Å². The normalized spacial score (nSPS) is 26.1. The molecule has 0 aromatic heterocycles. The number of Topliss-reactive ketones (excluding diaryl/α,β-unsaturated/α-hetero) is 1. The number of nitrogens with zero attached hydrogens (tertiary/aromatic N) is 1. The van der Waals surface area contributed by atoms with E-state index in [0.29, 0.717) is 25.4 Å². The minimum absolute atomic E-state index is 0.165. The molecule has 0 N–H and O–H groups in total. The van der Waals surface area contributed by atoms with Crippen LogP contribution in [0.1, 0.15) is 146 Å². The second-order valence-corrected chi connectivity index (χ2v) is 14.8. The molecule has 0 spiro atoms. The number of ketones is 1. The van der Waals surface area contributed by atoms with Crippen molar-refractivity contribution in [1.29, 1.82) is 0 Å². The van der Waals surface area contributed by atoms with Crippen molar-refractivity contribution in [1.82, 2.24) is 5.06 Å². The number of carbonyl (C=O) groups is 2. The second-order valence-electron chi connectivity index (χ2n) is 14.8. The van der Waals surface area contributed by atoms with E-state index in [1.54, 1.807) is 0 Å². The number of hydrogen-bond acceptors (Lipinski definition) is 5. The van der Waals surface area contributed by atoms with Crippen LogP contribution >= 0.6 is 0 Å². The third-order valence-electron chi connectivity index (χ3n) is 11.1. The molecule has 1 fully saturated rings. The lowest BCUT2D eigenvalue weighted by Gasteiger charge is -2.58. The maximum absolute atomic E-state index is 14.2. The van der Waals surface area contributed by atoms with Gasteiger partial charge in [0, 0.05) is 12.3 Å². The average molecular weight is 586 g/mol. The van der Waals surface area contributed by atoms with Crippen molar-refractivity contribution in [3.63, 3.8) is 0 Å². The van der Waals surface area contributed by atoms with Gasteiger partial charge in [0.15, 0.2) is 0 Å². The van der Waals surface area contributed by atoms with E-state index in [1.807, 2.05) is 26.8 Å². The van der Waals surface area contributed by atoms with Crippen molar-refractivity contribution in [3.05, 3.63) is 35.9 Å². The predicted octanol–water partition coefficient (Wildman–Crippen LogP) is 9.54. The van der Waals surface area contributed by atoms with Gasteiger partial charge in [0.2, 0.25) is 0 Å². The monoisotopic (exact) mass is 585 g/mol. The van der Waals surface area contributed by atoms with Crippen LogP contribution in [0.2, 0.25) is 0 Å². The molecule has 0 saturated carbocycles. The minimum Gasteiger partial charge on any atom is -0.465 e. The third-order valence-corrected chi connectivity index (χ3v) is 11.1. The van der Waals surface area contributed by atoms with E-state index >= 15 is 0 Å². The van der Waals surface area contributed by atoms with Crippen molar-refractivity contribution in [2.24, 2.45) is 23.2 Å². The Morgan fingerprint density at radius 3 is 2.19 bits per heavy atom. The Morgan fingerprint density at radius 1 is 1.05 bits per heavy atom. The highest BCUT2D eigenvalue weighted by atomic mass is 16.7. The molecule has 5 heteroatoms. The van der Waals surface area contributed by atoms with Crippen LogP contribution in [0.25, 0.3) is 0 Å². The predicted molar refractivity (Wildman–Crippen MR) is 174 cm³/mol. The molecule has 42 heavy (non-hydrogen) atoms. The lowest BCUT2D eigenvalue weighted by atomic mass is 9.68. The van der Waals surface area contributed by atoms with Crippen LogP contribution in [-0.2, 0) is 19.2 Å². The number of unbranched alkanes of at least 4 members (excludes halogenated alkanes) is 1. The minimum atomic E-state index is -0.858. The molecule has 6 unspecified atom stereocenters. The van der Waals surface area contributed by atoms with Crippen LogP contribution < -0.4 is 0 Å². The van der Waals surface area contributed by atoms with Gasteiger partial charge >= 0.3 is 5.97 Å². The summed E-state index contributed by atoms with van der Waals surface area (Å²) in [6.07, 6.45) is 6.97. The lowest BCUT2D eigenvalue weighted by Crippen LogP contribution is -2.68. The van der Waals surface area contributed by atoms with E-state index in [-0.39, 0.29) is 29.0 Å². The fourth-order valence-electron chi connectivity index (χ4n) is 6.68. The Kier molecular flexibility index (Phi) is 12.9. The topological polar surface area (TPSA) is 55.8 Å². The number of esters is 1. The van der Waals surface area contributed by atoms with E-state index < -0.39 is 22.6 Å². The maximum atomic E-state index is 14.2. The number of benzene rings is 1. The molecule has 0 radical (unpaired) electrons. The van der Waals surface area contributed by atoms with Crippen molar-refractivity contribution < 1.29 is 19.2 Å². The molecular weight excluding hydrogens is 522 g/mol. The Labute approximate surface area is 258 Å². The Bertz CT molecular complexity index is 1000. The number of rotatable bonds is 16. The summed E-state index contributed by atoms with van der Waals surface area (Å²) in [5, 5.41) is 2.12. The third kappa shape index (κ3) is 8.25. The Balaban J connectivity index is 2.49. The molecule has 6 atom stereocenters. The number of hydrogen-bond donors (Lipinski definition) is 0. The van der Waals surface area contributed by atoms with Gasteiger partial charge in [0.05, 0.1) is 29.2 Å². The fraction of sp³-hybridized carbons (Fsp3) is 0.784. The maximum Gasteiger partial charge on any atom is 0.311 e. The summed E-state index contributed by atoms with van der Waals surface area (Å²) in [5.41, 5.74) is -0.736. The van der Waals surface area contributed by atoms with Crippen LogP contribution in [0.5, 0.6) is 0 Å². The quantitative estimate of drug-likeness (QED) is 0.181. The average Bonchev–Trinajstić information content (AvgIpc) is 2.97. The molecule has 5 nitrogen and oxygen atoms in total. The number of piperidine rings is 1. The zero-order valence-corrected chi connectivity index (χ0v) is 29.1. The summed E-state index contributed by atoms with van der Waals surface area (Å²) in [4.78, 5) is 34.5. The van der Waals surface area contributed by atoms with Gasteiger partial charge in [-0.05, 0) is 76.2 Å². The smallest absolute Gasteiger partial charge is 0.311 e. The summed E-state index contributed by atoms with van der Waals surface area (Å²) < 4.78 is 6.16. The molecule has 1 aromatic rings. The summed E-state index contributed by atoms with van der Waals surface area (Å²) >= 11 is 0. The first kappa shape index (κ1) is 36.5. The van der Waals surface area contributed by atoms with Gasteiger partial charge in [0.1, 0.15) is 5.78 Å². The zero-order chi connectivity index (χ0) is 31.9. The fourth-order valence-corrected chi connectivity index (χ4v) is 6.68. The highest BCUT2D eigenvalue weighted by molar-refractivity contribution is 5.84. The van der Waals surface area contributed by atoms with Crippen molar-refractivity contribution in [2.75, 3.05) is 6.61 Å². The molecule has 2 rings (SSSR count). The summed E-state index contributed by atoms with van der Waals surface area (Å²) in [6.45, 7) is 26.3. The number of hydroxylamine groups is 2. The number of ether oxygens (including phenoxy) is 1. The summed E-state index contributed by atoms with van der Waals surface area (Å²) in [7, 11) is 0. The molecule has 1 aliphatic heterocycles. The standard InChI is InChI=1S/C37H63NO4/c1-13-17-21-29(14-2)26-41-33(40)31(24-34(7,8)27(5)30-22-19-18-20-23-30)35(9,10)42-38-36(11,15-3)25-32(39)28(6)37(38,12)16-4/h18-20,22-23,27-29,31H,13-17,21,24-26H2,1-12H3. The number of carbonyl (C=O) groups excluding carboxylic acids is 2. The SMILES string of the molecule is CCCCC(CC)COC(=O)C(CC(C)(C)C(C)c1ccccc1)C(C)(C)ON1C(C)(CC)CC(=O)C(C)C1(C)CC. The van der Waals surface area contributed by atoms with E-state index in [9.17, 15) is 9.59 Å². The van der Waals surface area contributed by atoms with Gasteiger partial charge in [-0.15, -0.1) is 0 Å². The van der Waals surface area contributed by atoms with Crippen molar-refractivity contribution >= 4 is 11.8 Å². The van der Waals surface area contributed by atoms with Crippen LogP contribution in [-0.4, -0.2) is 40.1 Å². The van der Waals surface area contributed by atoms with Gasteiger partial charge in [-0.2, -0.15) is 5.06 Å². The van der Waals surface area contributed by atoms with E-state index in [4.69, 9.17) is 9.57 Å². The van der Waals surface area contributed by atoms with Crippen LogP contribution in [0.3, 0.4) is 0 Å². The molecule has 1 aliphatic rings. The van der Waals surface area contributed by atoms with Gasteiger partial charge in [0.25, 0.3) is 0 Å². The molecule has 0 bridgehead atoms. The highest BCUT2D eigenvalue weighted by Crippen LogP contribution is 2.48. The van der Waals surface area contributed by atoms with E-state index in [1.165, 1.54) is 5.56 Å². The molecule has 0 aliphatic carbocycles. The molecule has 1 aromatic carbocycles. The first-order valence-corrected chi connectivity index (χ1v) is 16.8. The zero-order valence-electron chi connectivity index (χ0n) is 29.1. The summed E-state index contributed by atoms with van der Waals surface area (Å²) in [6, 6.07) is 10.6.